The number of likely N-dealkylation sites (tertiary alicyclic amines) is 1. The highest BCUT2D eigenvalue weighted by atomic mass is 16.3. The van der Waals surface area contributed by atoms with E-state index in [9.17, 15) is 0 Å². The molecule has 1 fully saturated rings. The Morgan fingerprint density at radius 3 is 2.81 bits per heavy atom. The normalized spacial score (nSPS) is 19.1. The molecule has 1 aromatic carbocycles. The van der Waals surface area contributed by atoms with Crippen molar-refractivity contribution in [1.29, 1.82) is 0 Å². The number of nitrogens with zero attached hydrogens (tertiary/aromatic N) is 1. The molecule has 0 aliphatic carbocycles. The van der Waals surface area contributed by atoms with Crippen LogP contribution in [0.2, 0.25) is 0 Å². The van der Waals surface area contributed by atoms with Crippen LogP contribution in [0.15, 0.2) is 34.7 Å². The number of fused-ring (bicyclic) bond motifs is 1. The van der Waals surface area contributed by atoms with Gasteiger partial charge in [0.25, 0.3) is 0 Å². The zero-order chi connectivity index (χ0) is 14.7. The summed E-state index contributed by atoms with van der Waals surface area (Å²) in [6, 6.07) is 10.7. The molecule has 2 heterocycles. The highest BCUT2D eigenvalue weighted by Gasteiger charge is 2.17. The van der Waals surface area contributed by atoms with Gasteiger partial charge >= 0.3 is 0 Å². The average Bonchev–Trinajstić information content (AvgIpc) is 2.93. The van der Waals surface area contributed by atoms with Gasteiger partial charge in [-0.05, 0) is 70.9 Å². The number of piperidine rings is 1. The zero-order valence-electron chi connectivity index (χ0n) is 13.1. The van der Waals surface area contributed by atoms with Crippen molar-refractivity contribution in [1.82, 2.24) is 10.2 Å². The molecule has 1 N–H and O–H groups in total. The van der Waals surface area contributed by atoms with E-state index in [1.165, 1.54) is 37.7 Å². The second-order valence-electron chi connectivity index (χ2n) is 6.40. The molecular formula is C18H26N2O. The van der Waals surface area contributed by atoms with Gasteiger partial charge in [-0.1, -0.05) is 18.2 Å². The molecule has 3 nitrogen and oxygen atoms in total. The molecule has 0 radical (unpaired) electrons. The van der Waals surface area contributed by atoms with E-state index in [-0.39, 0.29) is 6.04 Å². The van der Waals surface area contributed by atoms with Crippen LogP contribution < -0.4 is 5.32 Å². The van der Waals surface area contributed by atoms with E-state index in [0.29, 0.717) is 0 Å². The van der Waals surface area contributed by atoms with Crippen LogP contribution in [-0.4, -0.2) is 31.6 Å². The summed E-state index contributed by atoms with van der Waals surface area (Å²) in [6.45, 7) is 5.77. The van der Waals surface area contributed by atoms with Gasteiger partial charge < -0.3 is 14.6 Å². The Morgan fingerprint density at radius 1 is 1.29 bits per heavy atom. The summed E-state index contributed by atoms with van der Waals surface area (Å²) in [5.41, 5.74) is 0.983. The third-order valence-electron chi connectivity index (χ3n) is 4.71. The maximum Gasteiger partial charge on any atom is 0.134 e. The summed E-state index contributed by atoms with van der Waals surface area (Å²) in [5, 5.41) is 4.80. The van der Waals surface area contributed by atoms with Crippen LogP contribution in [0, 0.1) is 5.92 Å². The second-order valence-corrected chi connectivity index (χ2v) is 6.40. The van der Waals surface area contributed by atoms with Crippen LogP contribution >= 0.6 is 0 Å². The van der Waals surface area contributed by atoms with Crippen LogP contribution in [0.3, 0.4) is 0 Å². The van der Waals surface area contributed by atoms with Gasteiger partial charge in [0.05, 0.1) is 6.04 Å². The molecule has 3 heteroatoms. The third-order valence-corrected chi connectivity index (χ3v) is 4.71. The Labute approximate surface area is 127 Å². The fraction of sp³-hybridized carbons (Fsp3) is 0.556. The van der Waals surface area contributed by atoms with Gasteiger partial charge in [-0.25, -0.2) is 0 Å². The van der Waals surface area contributed by atoms with Gasteiger partial charge in [0.15, 0.2) is 0 Å². The number of rotatable bonds is 5. The molecule has 21 heavy (non-hydrogen) atoms. The average molecular weight is 286 g/mol. The number of nitrogens with one attached hydrogen (secondary N) is 1. The van der Waals surface area contributed by atoms with E-state index in [1.807, 2.05) is 12.1 Å². The quantitative estimate of drug-likeness (QED) is 0.906. The van der Waals surface area contributed by atoms with E-state index >= 15 is 0 Å². The minimum Gasteiger partial charge on any atom is -0.459 e. The molecule has 0 spiro atoms. The highest BCUT2D eigenvalue weighted by molar-refractivity contribution is 5.77. The first-order valence-electron chi connectivity index (χ1n) is 8.13. The Bertz CT molecular complexity index is 536. The number of hydrogen-bond donors (Lipinski definition) is 1. The molecule has 114 valence electrons. The predicted octanol–water partition coefficient (Wildman–Crippen LogP) is 3.82. The van der Waals surface area contributed by atoms with Gasteiger partial charge in [-0.15, -0.1) is 0 Å². The number of hydrogen-bond acceptors (Lipinski definition) is 3. The fourth-order valence-corrected chi connectivity index (χ4v) is 3.17. The molecule has 1 saturated heterocycles. The van der Waals surface area contributed by atoms with Gasteiger partial charge in [-0.3, -0.25) is 0 Å². The van der Waals surface area contributed by atoms with Crippen LogP contribution in [0.1, 0.15) is 38.0 Å². The minimum absolute atomic E-state index is 0.281. The number of furan rings is 1. The lowest BCUT2D eigenvalue weighted by atomic mass is 9.94. The van der Waals surface area contributed by atoms with Crippen LogP contribution in [0.5, 0.6) is 0 Å². The molecule has 0 saturated carbocycles. The van der Waals surface area contributed by atoms with Gasteiger partial charge in [0, 0.05) is 5.39 Å². The maximum absolute atomic E-state index is 5.92. The minimum atomic E-state index is 0.281. The van der Waals surface area contributed by atoms with Crippen molar-refractivity contribution in [2.75, 3.05) is 26.7 Å². The van der Waals surface area contributed by atoms with Gasteiger partial charge in [0.1, 0.15) is 11.3 Å². The summed E-state index contributed by atoms with van der Waals surface area (Å²) in [7, 11) is 2.22. The summed E-state index contributed by atoms with van der Waals surface area (Å²) in [6.07, 6.45) is 3.97. The Hall–Kier alpha value is -1.32. The van der Waals surface area contributed by atoms with Crippen LogP contribution in [0.25, 0.3) is 11.0 Å². The van der Waals surface area contributed by atoms with Crippen LogP contribution in [-0.2, 0) is 0 Å². The van der Waals surface area contributed by atoms with Gasteiger partial charge in [-0.2, -0.15) is 0 Å². The monoisotopic (exact) mass is 286 g/mol. The summed E-state index contributed by atoms with van der Waals surface area (Å²) in [5.74, 6) is 1.93. The smallest absolute Gasteiger partial charge is 0.134 e. The van der Waals surface area contributed by atoms with Crippen molar-refractivity contribution in [2.24, 2.45) is 5.92 Å². The first-order chi connectivity index (χ1) is 10.2. The number of para-hydroxylation sites is 1. The standard InChI is InChI=1S/C18H26N2O/c1-14(18-13-16-5-3-4-6-17(16)21-18)19-10-7-15-8-11-20(2)12-9-15/h3-6,13-15,19H,7-12H2,1-2H3. The molecular weight excluding hydrogens is 260 g/mol. The first kappa shape index (κ1) is 14.6. The topological polar surface area (TPSA) is 28.4 Å². The largest absolute Gasteiger partial charge is 0.459 e. The lowest BCUT2D eigenvalue weighted by Gasteiger charge is -2.29. The van der Waals surface area contributed by atoms with Crippen molar-refractivity contribution < 1.29 is 4.42 Å². The number of benzene rings is 1. The van der Waals surface area contributed by atoms with Crippen molar-refractivity contribution in [3.63, 3.8) is 0 Å². The molecule has 1 unspecified atom stereocenters. The Morgan fingerprint density at radius 2 is 2.05 bits per heavy atom. The maximum atomic E-state index is 5.92. The SMILES string of the molecule is CC(NCCC1CCN(C)CC1)c1cc2ccccc2o1. The van der Waals surface area contributed by atoms with E-state index in [0.717, 1.165) is 23.8 Å². The molecule has 2 aromatic rings. The van der Waals surface area contributed by atoms with Crippen molar-refractivity contribution in [3.8, 4) is 0 Å². The Balaban J connectivity index is 1.48. The molecule has 0 bridgehead atoms. The lowest BCUT2D eigenvalue weighted by molar-refractivity contribution is 0.210. The highest BCUT2D eigenvalue weighted by Crippen LogP contribution is 2.24. The third kappa shape index (κ3) is 3.66. The molecule has 0 amide bonds. The molecule has 1 aliphatic heterocycles. The molecule has 3 rings (SSSR count). The molecule has 1 atom stereocenters. The summed E-state index contributed by atoms with van der Waals surface area (Å²) in [4.78, 5) is 2.43. The van der Waals surface area contributed by atoms with E-state index in [2.05, 4.69) is 42.4 Å². The van der Waals surface area contributed by atoms with E-state index in [1.54, 1.807) is 0 Å². The van der Waals surface area contributed by atoms with Gasteiger partial charge in [0.2, 0.25) is 0 Å². The second kappa shape index (κ2) is 6.63. The van der Waals surface area contributed by atoms with Crippen molar-refractivity contribution in [2.45, 2.75) is 32.2 Å². The zero-order valence-corrected chi connectivity index (χ0v) is 13.1. The summed E-state index contributed by atoms with van der Waals surface area (Å²) >= 11 is 0. The van der Waals surface area contributed by atoms with E-state index in [4.69, 9.17) is 4.42 Å². The van der Waals surface area contributed by atoms with Crippen molar-refractivity contribution in [3.05, 3.63) is 36.1 Å². The summed E-state index contributed by atoms with van der Waals surface area (Å²) < 4.78 is 5.92. The Kier molecular flexibility index (Phi) is 4.61. The molecule has 1 aromatic heterocycles. The fourth-order valence-electron chi connectivity index (χ4n) is 3.17. The predicted molar refractivity (Wildman–Crippen MR) is 87.5 cm³/mol. The lowest BCUT2D eigenvalue weighted by Crippen LogP contribution is -2.32. The van der Waals surface area contributed by atoms with Crippen molar-refractivity contribution >= 4 is 11.0 Å². The first-order valence-corrected chi connectivity index (χ1v) is 8.13. The molecule has 1 aliphatic rings. The van der Waals surface area contributed by atoms with Crippen LogP contribution in [0.4, 0.5) is 0 Å². The van der Waals surface area contributed by atoms with E-state index < -0.39 is 0 Å².